The first-order valence-electron chi connectivity index (χ1n) is 13.1. The van der Waals surface area contributed by atoms with Crippen LogP contribution in [0.1, 0.15) is 11.1 Å². The van der Waals surface area contributed by atoms with Crippen LogP contribution in [0.2, 0.25) is 0 Å². The highest BCUT2D eigenvalue weighted by atomic mass is 19.1. The smallest absolute Gasteiger partial charge is 0.159 e. The molecule has 0 aliphatic carbocycles. The summed E-state index contributed by atoms with van der Waals surface area (Å²) in [7, 11) is 0. The molecule has 4 heterocycles. The molecule has 7 rings (SSSR count). The van der Waals surface area contributed by atoms with Crippen molar-refractivity contribution in [1.29, 1.82) is 0 Å². The SMILES string of the molecule is Fc1cccc(-c2nccc3[nH]c(-c4n[nH]c5ccc(-c6cncc(CNCc7ccccc7)c6)c(F)c45)nc23)c1. The summed E-state index contributed by atoms with van der Waals surface area (Å²) in [6.07, 6.45) is 5.06. The predicted octanol–water partition coefficient (Wildman–Crippen LogP) is 6.80. The average Bonchev–Trinajstić information content (AvgIpc) is 3.63. The lowest BCUT2D eigenvalue weighted by molar-refractivity contribution is 0.628. The molecule has 3 N–H and O–H groups in total. The molecule has 200 valence electrons. The average molecular weight is 544 g/mol. The lowest BCUT2D eigenvalue weighted by Crippen LogP contribution is -2.12. The Labute approximate surface area is 233 Å². The van der Waals surface area contributed by atoms with Gasteiger partial charge in [-0.15, -0.1) is 0 Å². The maximum absolute atomic E-state index is 16.2. The van der Waals surface area contributed by atoms with E-state index in [4.69, 9.17) is 4.98 Å². The van der Waals surface area contributed by atoms with E-state index < -0.39 is 5.82 Å². The lowest BCUT2D eigenvalue weighted by Gasteiger charge is -2.09. The van der Waals surface area contributed by atoms with Crippen molar-refractivity contribution in [2.45, 2.75) is 13.1 Å². The van der Waals surface area contributed by atoms with Crippen LogP contribution in [0.5, 0.6) is 0 Å². The van der Waals surface area contributed by atoms with Crippen molar-refractivity contribution in [3.63, 3.8) is 0 Å². The van der Waals surface area contributed by atoms with Crippen LogP contribution in [0, 0.1) is 11.6 Å². The molecule has 0 saturated heterocycles. The van der Waals surface area contributed by atoms with Crippen LogP contribution in [0.3, 0.4) is 0 Å². The Morgan fingerprint density at radius 1 is 0.756 bits per heavy atom. The summed E-state index contributed by atoms with van der Waals surface area (Å²) in [5.74, 6) is -0.410. The van der Waals surface area contributed by atoms with Gasteiger partial charge in [-0.2, -0.15) is 5.10 Å². The topological polar surface area (TPSA) is 95.2 Å². The molecule has 4 aromatic heterocycles. The molecule has 9 heteroatoms. The van der Waals surface area contributed by atoms with Crippen LogP contribution >= 0.6 is 0 Å². The Kier molecular flexibility index (Phi) is 6.25. The van der Waals surface area contributed by atoms with Gasteiger partial charge < -0.3 is 10.3 Å². The van der Waals surface area contributed by atoms with E-state index in [0.29, 0.717) is 62.4 Å². The summed E-state index contributed by atoms with van der Waals surface area (Å²) in [6, 6.07) is 23.6. The summed E-state index contributed by atoms with van der Waals surface area (Å²) in [6.45, 7) is 1.31. The Morgan fingerprint density at radius 3 is 2.51 bits per heavy atom. The van der Waals surface area contributed by atoms with Crippen molar-refractivity contribution in [1.82, 2.24) is 35.5 Å². The molecule has 7 aromatic rings. The van der Waals surface area contributed by atoms with Gasteiger partial charge in [0.1, 0.15) is 22.8 Å². The molecular formula is C32H23F2N7. The zero-order valence-corrected chi connectivity index (χ0v) is 21.7. The van der Waals surface area contributed by atoms with E-state index in [1.165, 1.54) is 17.7 Å². The number of nitrogens with zero attached hydrogens (tertiary/aromatic N) is 4. The van der Waals surface area contributed by atoms with Gasteiger partial charge in [0.15, 0.2) is 5.82 Å². The van der Waals surface area contributed by atoms with Crippen LogP contribution in [0.15, 0.2) is 97.5 Å². The number of rotatable bonds is 7. The molecule has 0 atom stereocenters. The second kappa shape index (κ2) is 10.4. The van der Waals surface area contributed by atoms with E-state index in [9.17, 15) is 4.39 Å². The number of H-pyrrole nitrogens is 2. The monoisotopic (exact) mass is 543 g/mol. The van der Waals surface area contributed by atoms with Gasteiger partial charge in [0.05, 0.1) is 22.1 Å². The Balaban J connectivity index is 1.24. The second-order valence-electron chi connectivity index (χ2n) is 9.74. The number of aromatic amines is 2. The zero-order chi connectivity index (χ0) is 27.8. The van der Waals surface area contributed by atoms with Crippen molar-refractivity contribution < 1.29 is 8.78 Å². The van der Waals surface area contributed by atoms with E-state index >= 15 is 4.39 Å². The molecule has 41 heavy (non-hydrogen) atoms. The minimum atomic E-state index is -0.425. The van der Waals surface area contributed by atoms with Crippen LogP contribution in [-0.2, 0) is 13.1 Å². The molecule has 0 aliphatic rings. The van der Waals surface area contributed by atoms with Crippen molar-refractivity contribution in [2.24, 2.45) is 0 Å². The van der Waals surface area contributed by atoms with Crippen LogP contribution in [-0.4, -0.2) is 30.1 Å². The van der Waals surface area contributed by atoms with Gasteiger partial charge in [0, 0.05) is 48.4 Å². The summed E-state index contributed by atoms with van der Waals surface area (Å²) >= 11 is 0. The molecular weight excluding hydrogens is 520 g/mol. The first kappa shape index (κ1) is 24.7. The highest BCUT2D eigenvalue weighted by Gasteiger charge is 2.21. The highest BCUT2D eigenvalue weighted by molar-refractivity contribution is 5.98. The summed E-state index contributed by atoms with van der Waals surface area (Å²) in [5.41, 5.74) is 6.43. The minimum absolute atomic E-state index is 0.314. The lowest BCUT2D eigenvalue weighted by atomic mass is 10.0. The molecule has 0 spiro atoms. The molecule has 0 saturated carbocycles. The molecule has 0 amide bonds. The number of benzene rings is 3. The fourth-order valence-corrected chi connectivity index (χ4v) is 5.04. The molecule has 0 unspecified atom stereocenters. The molecule has 0 radical (unpaired) electrons. The maximum atomic E-state index is 16.2. The van der Waals surface area contributed by atoms with Crippen LogP contribution in [0.4, 0.5) is 8.78 Å². The van der Waals surface area contributed by atoms with Gasteiger partial charge >= 0.3 is 0 Å². The van der Waals surface area contributed by atoms with E-state index in [1.54, 1.807) is 48.9 Å². The standard InChI is InChI=1S/C32H23F2N7/c33-23-8-4-7-21(14-23)29-30-26(11-12-37-29)38-32(39-30)31-27-25(40-41-31)10-9-24(28(27)34)22-13-20(17-36-18-22)16-35-15-19-5-2-1-3-6-19/h1-14,17-18,35H,15-16H2,(H,38,39)(H,40,41). The number of hydrogen-bond donors (Lipinski definition) is 3. The third-order valence-corrected chi connectivity index (χ3v) is 7.00. The zero-order valence-electron chi connectivity index (χ0n) is 21.7. The molecule has 0 aliphatic heterocycles. The number of fused-ring (bicyclic) bond motifs is 2. The van der Waals surface area contributed by atoms with E-state index in [1.807, 2.05) is 24.3 Å². The maximum Gasteiger partial charge on any atom is 0.159 e. The third-order valence-electron chi connectivity index (χ3n) is 7.00. The van der Waals surface area contributed by atoms with Crippen molar-refractivity contribution >= 4 is 21.9 Å². The number of pyridine rings is 2. The predicted molar refractivity (Wildman–Crippen MR) is 155 cm³/mol. The van der Waals surface area contributed by atoms with Crippen molar-refractivity contribution in [3.8, 4) is 33.9 Å². The summed E-state index contributed by atoms with van der Waals surface area (Å²) < 4.78 is 30.1. The molecule has 7 nitrogen and oxygen atoms in total. The largest absolute Gasteiger partial charge is 0.336 e. The van der Waals surface area contributed by atoms with E-state index in [2.05, 4.69) is 42.6 Å². The van der Waals surface area contributed by atoms with Crippen LogP contribution < -0.4 is 5.32 Å². The summed E-state index contributed by atoms with van der Waals surface area (Å²) in [5, 5.41) is 11.0. The van der Waals surface area contributed by atoms with Gasteiger partial charge in [-0.05, 0) is 47.5 Å². The first-order valence-corrected chi connectivity index (χ1v) is 13.1. The van der Waals surface area contributed by atoms with Crippen molar-refractivity contribution in [3.05, 3.63) is 120 Å². The molecule has 3 aromatic carbocycles. The normalized spacial score (nSPS) is 11.5. The Morgan fingerprint density at radius 2 is 1.63 bits per heavy atom. The number of halogens is 2. The van der Waals surface area contributed by atoms with Gasteiger partial charge in [-0.1, -0.05) is 42.5 Å². The molecule has 0 fully saturated rings. The second-order valence-corrected chi connectivity index (χ2v) is 9.74. The van der Waals surface area contributed by atoms with Crippen molar-refractivity contribution in [2.75, 3.05) is 0 Å². The van der Waals surface area contributed by atoms with E-state index in [0.717, 1.165) is 12.1 Å². The number of aromatic nitrogens is 6. The number of imidazole rings is 1. The van der Waals surface area contributed by atoms with E-state index in [-0.39, 0.29) is 5.82 Å². The summed E-state index contributed by atoms with van der Waals surface area (Å²) in [4.78, 5) is 16.7. The minimum Gasteiger partial charge on any atom is -0.336 e. The molecule has 0 bridgehead atoms. The van der Waals surface area contributed by atoms with Crippen LogP contribution in [0.25, 0.3) is 55.8 Å². The third kappa shape index (κ3) is 4.72. The fraction of sp³-hybridized carbons (Fsp3) is 0.0625. The number of hydrogen-bond acceptors (Lipinski definition) is 5. The fourth-order valence-electron chi connectivity index (χ4n) is 5.04. The first-order chi connectivity index (χ1) is 20.1. The van der Waals surface area contributed by atoms with Gasteiger partial charge in [0.25, 0.3) is 0 Å². The Bertz CT molecular complexity index is 2010. The Hall–Kier alpha value is -5.28. The number of nitrogens with one attached hydrogen (secondary N) is 3. The highest BCUT2D eigenvalue weighted by Crippen LogP contribution is 2.35. The van der Waals surface area contributed by atoms with Gasteiger partial charge in [0.2, 0.25) is 0 Å². The van der Waals surface area contributed by atoms with Gasteiger partial charge in [-0.25, -0.2) is 13.8 Å². The quantitative estimate of drug-likeness (QED) is 0.206. The van der Waals surface area contributed by atoms with Gasteiger partial charge in [-0.3, -0.25) is 15.1 Å².